The lowest BCUT2D eigenvalue weighted by molar-refractivity contribution is -0.657. The number of ketones is 1. The molecule has 5 nitrogen and oxygen atoms in total. The molecule has 2 aromatic carbocycles. The number of carbonyl (C=O) groups is 1. The molecule has 0 fully saturated rings. The molecule has 1 aromatic heterocycles. The molecule has 0 saturated carbocycles. The molecule has 0 spiro atoms. The number of halogens is 1. The molecule has 0 aliphatic heterocycles. The predicted octanol–water partition coefficient (Wildman–Crippen LogP) is 0.231. The molecule has 0 unspecified atom stereocenters. The van der Waals surface area contributed by atoms with E-state index in [0.29, 0.717) is 5.56 Å². The molecule has 24 heavy (non-hydrogen) atoms. The molecule has 0 bridgehead atoms. The molecular weight excluding hydrogens is 372 g/mol. The zero-order valence-corrected chi connectivity index (χ0v) is 14.6. The number of hydrogen-bond donors (Lipinski definition) is 0. The summed E-state index contributed by atoms with van der Waals surface area (Å²) >= 11 is 0. The second-order valence-electron chi connectivity index (χ2n) is 5.37. The van der Waals surface area contributed by atoms with E-state index in [1.807, 2.05) is 48.0 Å². The average Bonchev–Trinajstić information content (AvgIpc) is 2.57. The second-order valence-corrected chi connectivity index (χ2v) is 5.37. The molecule has 3 aromatic rings. The first kappa shape index (κ1) is 17.7. The first-order chi connectivity index (χ1) is 11.1. The third-order valence-corrected chi connectivity index (χ3v) is 3.84. The van der Waals surface area contributed by atoms with Gasteiger partial charge in [-0.2, -0.15) is 4.57 Å². The minimum absolute atomic E-state index is 0. The highest BCUT2D eigenvalue weighted by molar-refractivity contribution is 5.95. The maximum absolute atomic E-state index is 12.5. The normalized spacial score (nSPS) is 10.2. The minimum atomic E-state index is -0.495. The van der Waals surface area contributed by atoms with Crippen LogP contribution in [0.25, 0.3) is 10.9 Å². The fraction of sp³-hybridized carbons (Fsp3) is 0.111. The molecule has 1 heterocycles. The number of non-ortho nitro benzene ring substituents is 1. The lowest BCUT2D eigenvalue weighted by Crippen LogP contribution is -3.00. The Morgan fingerprint density at radius 1 is 1.12 bits per heavy atom. The molecule has 3 rings (SSSR count). The number of carbonyl (C=O) groups excluding carboxylic acids is 1. The molecule has 0 amide bonds. The van der Waals surface area contributed by atoms with Gasteiger partial charge in [0, 0.05) is 35.2 Å². The fourth-order valence-electron chi connectivity index (χ4n) is 2.61. The largest absolute Gasteiger partial charge is 1.00 e. The number of rotatable bonds is 4. The van der Waals surface area contributed by atoms with Crippen molar-refractivity contribution >= 4 is 22.4 Å². The smallest absolute Gasteiger partial charge is 0.270 e. The second kappa shape index (κ2) is 7.31. The van der Waals surface area contributed by atoms with E-state index >= 15 is 0 Å². The zero-order chi connectivity index (χ0) is 16.4. The van der Waals surface area contributed by atoms with Crippen molar-refractivity contribution in [2.45, 2.75) is 13.5 Å². The number of fused-ring (bicyclic) bond motifs is 1. The molecule has 0 atom stereocenters. The van der Waals surface area contributed by atoms with E-state index in [0.717, 1.165) is 16.5 Å². The van der Waals surface area contributed by atoms with Gasteiger partial charge < -0.3 is 17.0 Å². The highest BCUT2D eigenvalue weighted by atomic mass is 79.9. The van der Waals surface area contributed by atoms with Crippen molar-refractivity contribution in [1.82, 2.24) is 0 Å². The lowest BCUT2D eigenvalue weighted by Gasteiger charge is -2.04. The van der Waals surface area contributed by atoms with Gasteiger partial charge in [-0.05, 0) is 18.6 Å². The molecule has 6 heteroatoms. The van der Waals surface area contributed by atoms with Crippen molar-refractivity contribution in [3.8, 4) is 0 Å². The predicted molar refractivity (Wildman–Crippen MR) is 86.3 cm³/mol. The van der Waals surface area contributed by atoms with Gasteiger partial charge in [0.15, 0.2) is 6.20 Å². The number of aryl methyl sites for hydroxylation is 1. The number of hydrogen-bond acceptors (Lipinski definition) is 3. The van der Waals surface area contributed by atoms with Crippen molar-refractivity contribution < 1.29 is 31.3 Å². The van der Waals surface area contributed by atoms with Crippen molar-refractivity contribution in [3.63, 3.8) is 0 Å². The fourth-order valence-corrected chi connectivity index (χ4v) is 2.61. The first-order valence-corrected chi connectivity index (χ1v) is 7.22. The van der Waals surface area contributed by atoms with E-state index in [2.05, 4.69) is 0 Å². The molecule has 0 aliphatic carbocycles. The van der Waals surface area contributed by atoms with Crippen molar-refractivity contribution in [3.05, 3.63) is 82.0 Å². The molecule has 0 saturated heterocycles. The molecule has 122 valence electrons. The van der Waals surface area contributed by atoms with E-state index in [9.17, 15) is 14.9 Å². The van der Waals surface area contributed by atoms with Gasteiger partial charge in [-0.1, -0.05) is 24.3 Å². The first-order valence-electron chi connectivity index (χ1n) is 7.22. The number of nitrogens with zero attached hydrogens (tertiary/aromatic N) is 2. The number of para-hydroxylation sites is 1. The number of pyridine rings is 1. The summed E-state index contributed by atoms with van der Waals surface area (Å²) in [4.78, 5) is 22.8. The average molecular weight is 387 g/mol. The summed E-state index contributed by atoms with van der Waals surface area (Å²) in [6, 6.07) is 15.7. The highest BCUT2D eigenvalue weighted by Gasteiger charge is 2.18. The summed E-state index contributed by atoms with van der Waals surface area (Å²) in [5, 5.41) is 11.9. The van der Waals surface area contributed by atoms with E-state index in [1.54, 1.807) is 6.07 Å². The van der Waals surface area contributed by atoms with Crippen LogP contribution in [0.4, 0.5) is 5.69 Å². The lowest BCUT2D eigenvalue weighted by atomic mass is 10.1. The number of nitro groups is 1. The Hall–Kier alpha value is -2.60. The molecule has 0 radical (unpaired) electrons. The Kier molecular flexibility index (Phi) is 5.41. The SMILES string of the molecule is Cc1cc[n+](CC(=O)c2cccc([N+](=O)[O-])c2)c2ccccc12.[Br-]. The number of Topliss-reactive ketones (excluding diaryl/α,β-unsaturated/α-hetero) is 1. The standard InChI is InChI=1S/C18H15N2O3.BrH/c1-13-9-10-19(17-8-3-2-7-16(13)17)12-18(21)14-5-4-6-15(11-14)20(22)23;/h2-11H,12H2,1H3;1H/q+1;/p-1. The molecule has 0 aliphatic rings. The van der Waals surface area contributed by atoms with Gasteiger partial charge in [-0.25, -0.2) is 0 Å². The van der Waals surface area contributed by atoms with E-state index in [4.69, 9.17) is 0 Å². The Bertz CT molecular complexity index is 925. The van der Waals surface area contributed by atoms with Gasteiger partial charge >= 0.3 is 0 Å². The molecule has 0 N–H and O–H groups in total. The molecular formula is C18H15BrN2O3. The van der Waals surface area contributed by atoms with Crippen LogP contribution in [0.15, 0.2) is 60.8 Å². The highest BCUT2D eigenvalue weighted by Crippen LogP contribution is 2.16. The Morgan fingerprint density at radius 3 is 2.62 bits per heavy atom. The summed E-state index contributed by atoms with van der Waals surface area (Å²) in [6.45, 7) is 2.16. The van der Waals surface area contributed by atoms with Crippen LogP contribution >= 0.6 is 0 Å². The van der Waals surface area contributed by atoms with Gasteiger partial charge in [0.25, 0.3) is 5.69 Å². The van der Waals surface area contributed by atoms with Crippen LogP contribution in [0.1, 0.15) is 15.9 Å². The third-order valence-electron chi connectivity index (χ3n) is 3.84. The quantitative estimate of drug-likeness (QED) is 0.279. The van der Waals surface area contributed by atoms with Gasteiger partial charge in [-0.15, -0.1) is 0 Å². The maximum Gasteiger partial charge on any atom is 0.270 e. The van der Waals surface area contributed by atoms with Crippen LogP contribution in [0.2, 0.25) is 0 Å². The van der Waals surface area contributed by atoms with Gasteiger partial charge in [0.05, 0.1) is 4.92 Å². The van der Waals surface area contributed by atoms with E-state index in [1.165, 1.54) is 18.2 Å². The van der Waals surface area contributed by atoms with Crippen LogP contribution in [0, 0.1) is 17.0 Å². The van der Waals surface area contributed by atoms with Crippen LogP contribution < -0.4 is 21.5 Å². The van der Waals surface area contributed by atoms with Crippen molar-refractivity contribution in [2.24, 2.45) is 0 Å². The van der Waals surface area contributed by atoms with Gasteiger partial charge in [0.1, 0.15) is 0 Å². The summed E-state index contributed by atoms with van der Waals surface area (Å²) < 4.78 is 1.86. The summed E-state index contributed by atoms with van der Waals surface area (Å²) in [5.74, 6) is -0.160. The van der Waals surface area contributed by atoms with Crippen molar-refractivity contribution in [2.75, 3.05) is 0 Å². The Labute approximate surface area is 149 Å². The van der Waals surface area contributed by atoms with Gasteiger partial charge in [-0.3, -0.25) is 14.9 Å². The monoisotopic (exact) mass is 386 g/mol. The Balaban J connectivity index is 0.00000208. The summed E-state index contributed by atoms with van der Waals surface area (Å²) in [6.07, 6.45) is 1.87. The van der Waals surface area contributed by atoms with Crippen LogP contribution in [-0.4, -0.2) is 10.7 Å². The van der Waals surface area contributed by atoms with Crippen molar-refractivity contribution in [1.29, 1.82) is 0 Å². The van der Waals surface area contributed by atoms with E-state index < -0.39 is 4.92 Å². The number of aromatic nitrogens is 1. The van der Waals surface area contributed by atoms with Crippen LogP contribution in [0.3, 0.4) is 0 Å². The zero-order valence-electron chi connectivity index (χ0n) is 13.0. The third kappa shape index (κ3) is 3.49. The van der Waals surface area contributed by atoms with Crippen LogP contribution in [-0.2, 0) is 6.54 Å². The Morgan fingerprint density at radius 2 is 1.88 bits per heavy atom. The number of benzene rings is 2. The topological polar surface area (TPSA) is 64.1 Å². The van der Waals surface area contributed by atoms with E-state index in [-0.39, 0.29) is 35.0 Å². The van der Waals surface area contributed by atoms with Crippen LogP contribution in [0.5, 0.6) is 0 Å². The van der Waals surface area contributed by atoms with Gasteiger partial charge in [0.2, 0.25) is 17.8 Å². The summed E-state index contributed by atoms with van der Waals surface area (Å²) in [7, 11) is 0. The number of nitro benzene ring substituents is 1. The summed E-state index contributed by atoms with van der Waals surface area (Å²) in [5.41, 5.74) is 2.37. The maximum atomic E-state index is 12.5. The minimum Gasteiger partial charge on any atom is -1.00 e.